The minimum Gasteiger partial charge on any atom is -0.348 e. The third-order valence-corrected chi connectivity index (χ3v) is 3.01. The lowest BCUT2D eigenvalue weighted by Crippen LogP contribution is -2.22. The molecule has 6 nitrogen and oxygen atoms in total. The standard InChI is InChI=1S/C13H10ClN5O/c14-12-4-3-9(6-15-12)7-16-13(20)10-8-18-19-11(10)2-1-5-17-19/h1-6,8H,7H2,(H,16,20). The van der Waals surface area contributed by atoms with E-state index >= 15 is 0 Å². The van der Waals surface area contributed by atoms with Crippen molar-refractivity contribution in [1.29, 1.82) is 0 Å². The molecule has 0 radical (unpaired) electrons. The van der Waals surface area contributed by atoms with Gasteiger partial charge in [-0.25, -0.2) is 4.98 Å². The number of nitrogens with one attached hydrogen (secondary N) is 1. The van der Waals surface area contributed by atoms with E-state index in [0.29, 0.717) is 22.8 Å². The lowest BCUT2D eigenvalue weighted by molar-refractivity contribution is 0.0952. The Hall–Kier alpha value is -2.47. The van der Waals surface area contributed by atoms with Gasteiger partial charge in [0, 0.05) is 18.9 Å². The molecule has 1 N–H and O–H groups in total. The van der Waals surface area contributed by atoms with Crippen LogP contribution in [0, 0.1) is 0 Å². The molecule has 3 heterocycles. The predicted molar refractivity (Wildman–Crippen MR) is 73.4 cm³/mol. The summed E-state index contributed by atoms with van der Waals surface area (Å²) in [5.41, 5.74) is 2.02. The molecule has 0 bridgehead atoms. The van der Waals surface area contributed by atoms with Crippen LogP contribution in [0.3, 0.4) is 0 Å². The molecular formula is C13H10ClN5O. The molecule has 100 valence electrons. The maximum absolute atomic E-state index is 12.1. The first-order valence-corrected chi connectivity index (χ1v) is 6.29. The average Bonchev–Trinajstić information content (AvgIpc) is 2.90. The Morgan fingerprint density at radius 1 is 1.25 bits per heavy atom. The first-order valence-electron chi connectivity index (χ1n) is 5.92. The van der Waals surface area contributed by atoms with Crippen molar-refractivity contribution in [3.8, 4) is 0 Å². The van der Waals surface area contributed by atoms with Crippen LogP contribution in [0.1, 0.15) is 15.9 Å². The smallest absolute Gasteiger partial charge is 0.255 e. The highest BCUT2D eigenvalue weighted by molar-refractivity contribution is 6.29. The summed E-state index contributed by atoms with van der Waals surface area (Å²) >= 11 is 5.70. The molecule has 0 unspecified atom stereocenters. The maximum Gasteiger partial charge on any atom is 0.255 e. The second kappa shape index (κ2) is 5.26. The van der Waals surface area contributed by atoms with Crippen LogP contribution in [0.2, 0.25) is 5.15 Å². The van der Waals surface area contributed by atoms with E-state index in [4.69, 9.17) is 11.6 Å². The molecule has 1 amide bonds. The summed E-state index contributed by atoms with van der Waals surface area (Å²) in [6.45, 7) is 0.376. The fraction of sp³-hybridized carbons (Fsp3) is 0.0769. The molecule has 0 aliphatic rings. The maximum atomic E-state index is 12.1. The Balaban J connectivity index is 1.75. The van der Waals surface area contributed by atoms with Crippen LogP contribution in [0.5, 0.6) is 0 Å². The Morgan fingerprint density at radius 2 is 2.15 bits per heavy atom. The topological polar surface area (TPSA) is 72.2 Å². The average molecular weight is 288 g/mol. The molecule has 7 heteroatoms. The van der Waals surface area contributed by atoms with Crippen LogP contribution in [0.15, 0.2) is 42.9 Å². The van der Waals surface area contributed by atoms with Crippen LogP contribution in [-0.4, -0.2) is 25.7 Å². The van der Waals surface area contributed by atoms with Crippen molar-refractivity contribution in [2.24, 2.45) is 0 Å². The van der Waals surface area contributed by atoms with Gasteiger partial charge < -0.3 is 5.32 Å². The van der Waals surface area contributed by atoms with E-state index in [0.717, 1.165) is 5.56 Å². The fourth-order valence-electron chi connectivity index (χ4n) is 1.80. The molecule has 0 aliphatic heterocycles. The number of aromatic nitrogens is 4. The number of halogens is 1. The summed E-state index contributed by atoms with van der Waals surface area (Å²) in [4.78, 5) is 16.1. The molecule has 0 atom stereocenters. The van der Waals surface area contributed by atoms with E-state index in [1.54, 1.807) is 30.6 Å². The quantitative estimate of drug-likeness (QED) is 0.744. The molecule has 3 rings (SSSR count). The highest BCUT2D eigenvalue weighted by Crippen LogP contribution is 2.09. The van der Waals surface area contributed by atoms with Crippen LogP contribution in [-0.2, 0) is 6.54 Å². The van der Waals surface area contributed by atoms with Gasteiger partial charge in [-0.2, -0.15) is 14.8 Å². The summed E-state index contributed by atoms with van der Waals surface area (Å²) in [5.74, 6) is -0.206. The van der Waals surface area contributed by atoms with Gasteiger partial charge in [-0.05, 0) is 23.8 Å². The van der Waals surface area contributed by atoms with Gasteiger partial charge in [-0.15, -0.1) is 0 Å². The number of carbonyl (C=O) groups excluding carboxylic acids is 1. The number of fused-ring (bicyclic) bond motifs is 1. The van der Waals surface area contributed by atoms with Crippen LogP contribution < -0.4 is 5.32 Å². The number of rotatable bonds is 3. The van der Waals surface area contributed by atoms with Gasteiger partial charge in [0.2, 0.25) is 0 Å². The largest absolute Gasteiger partial charge is 0.348 e. The third-order valence-electron chi connectivity index (χ3n) is 2.79. The minimum atomic E-state index is -0.206. The Labute approximate surface area is 119 Å². The van der Waals surface area contributed by atoms with Gasteiger partial charge in [0.05, 0.1) is 11.8 Å². The fourth-order valence-corrected chi connectivity index (χ4v) is 1.91. The van der Waals surface area contributed by atoms with E-state index in [-0.39, 0.29) is 5.91 Å². The normalized spacial score (nSPS) is 10.7. The van der Waals surface area contributed by atoms with E-state index < -0.39 is 0 Å². The van der Waals surface area contributed by atoms with Crippen LogP contribution in [0.25, 0.3) is 5.52 Å². The monoisotopic (exact) mass is 287 g/mol. The third kappa shape index (κ3) is 2.46. The number of pyridine rings is 1. The Kier molecular flexibility index (Phi) is 3.30. The number of hydrogen-bond acceptors (Lipinski definition) is 4. The van der Waals surface area contributed by atoms with E-state index in [1.165, 1.54) is 10.8 Å². The molecule has 0 aromatic carbocycles. The first-order chi connectivity index (χ1) is 9.74. The second-order valence-corrected chi connectivity index (χ2v) is 4.52. The van der Waals surface area contributed by atoms with Crippen molar-refractivity contribution >= 4 is 23.0 Å². The molecule has 0 saturated carbocycles. The summed E-state index contributed by atoms with van der Waals surface area (Å²) in [5, 5.41) is 11.3. The van der Waals surface area contributed by atoms with E-state index in [2.05, 4.69) is 20.5 Å². The summed E-state index contributed by atoms with van der Waals surface area (Å²) in [6, 6.07) is 7.05. The molecule has 0 spiro atoms. The number of amides is 1. The summed E-state index contributed by atoms with van der Waals surface area (Å²) in [7, 11) is 0. The molecule has 3 aromatic heterocycles. The lowest BCUT2D eigenvalue weighted by atomic mass is 10.2. The van der Waals surface area contributed by atoms with Crippen molar-refractivity contribution in [1.82, 2.24) is 25.1 Å². The predicted octanol–water partition coefficient (Wildman–Crippen LogP) is 1.71. The second-order valence-electron chi connectivity index (χ2n) is 4.13. The van der Waals surface area contributed by atoms with E-state index in [9.17, 15) is 4.79 Å². The Morgan fingerprint density at radius 3 is 2.95 bits per heavy atom. The highest BCUT2D eigenvalue weighted by atomic mass is 35.5. The zero-order chi connectivity index (χ0) is 13.9. The van der Waals surface area contributed by atoms with Crippen LogP contribution in [0.4, 0.5) is 0 Å². The van der Waals surface area contributed by atoms with Crippen molar-refractivity contribution < 1.29 is 4.79 Å². The summed E-state index contributed by atoms with van der Waals surface area (Å²) in [6.07, 6.45) is 4.74. The van der Waals surface area contributed by atoms with Crippen molar-refractivity contribution in [2.45, 2.75) is 6.54 Å². The van der Waals surface area contributed by atoms with Gasteiger partial charge in [0.25, 0.3) is 5.91 Å². The van der Waals surface area contributed by atoms with Crippen molar-refractivity contribution in [3.05, 3.63) is 59.1 Å². The molecular weight excluding hydrogens is 278 g/mol. The number of carbonyl (C=O) groups is 1. The van der Waals surface area contributed by atoms with Gasteiger partial charge in [0.1, 0.15) is 10.7 Å². The molecule has 20 heavy (non-hydrogen) atoms. The molecule has 0 saturated heterocycles. The van der Waals surface area contributed by atoms with Crippen LogP contribution >= 0.6 is 11.6 Å². The molecule has 0 aliphatic carbocycles. The SMILES string of the molecule is O=C(NCc1ccc(Cl)nc1)c1cnn2ncccc12. The first kappa shape index (κ1) is 12.6. The van der Waals surface area contributed by atoms with Gasteiger partial charge in [0.15, 0.2) is 0 Å². The zero-order valence-electron chi connectivity index (χ0n) is 10.3. The lowest BCUT2D eigenvalue weighted by Gasteiger charge is -2.04. The minimum absolute atomic E-state index is 0.206. The van der Waals surface area contributed by atoms with E-state index in [1.807, 2.05) is 6.07 Å². The molecule has 0 fully saturated rings. The van der Waals surface area contributed by atoms with Crippen molar-refractivity contribution in [2.75, 3.05) is 0 Å². The number of nitrogens with zero attached hydrogens (tertiary/aromatic N) is 4. The van der Waals surface area contributed by atoms with Gasteiger partial charge in [-0.1, -0.05) is 17.7 Å². The van der Waals surface area contributed by atoms with Gasteiger partial charge in [-0.3, -0.25) is 4.79 Å². The summed E-state index contributed by atoms with van der Waals surface area (Å²) < 4.78 is 1.42. The zero-order valence-corrected chi connectivity index (χ0v) is 11.1. The Bertz CT molecular complexity index is 753. The van der Waals surface area contributed by atoms with Crippen molar-refractivity contribution in [3.63, 3.8) is 0 Å². The number of hydrogen-bond donors (Lipinski definition) is 1. The van der Waals surface area contributed by atoms with Gasteiger partial charge >= 0.3 is 0 Å². The molecule has 3 aromatic rings. The highest BCUT2D eigenvalue weighted by Gasteiger charge is 2.12.